The van der Waals surface area contributed by atoms with Crippen LogP contribution in [-0.2, 0) is 6.42 Å². The molecule has 100 valence electrons. The van der Waals surface area contributed by atoms with Crippen molar-refractivity contribution >= 4 is 38.5 Å². The Morgan fingerprint density at radius 2 is 1.95 bits per heavy atom. The van der Waals surface area contributed by atoms with E-state index >= 15 is 0 Å². The number of halogens is 4. The molecule has 2 rings (SSSR count). The highest BCUT2D eigenvalue weighted by Crippen LogP contribution is 2.28. The van der Waals surface area contributed by atoms with Crippen molar-refractivity contribution in [1.29, 1.82) is 0 Å². The Morgan fingerprint density at radius 1 is 1.21 bits per heavy atom. The predicted octanol–water partition coefficient (Wildman–Crippen LogP) is 4.61. The molecule has 0 bridgehead atoms. The van der Waals surface area contributed by atoms with Gasteiger partial charge in [0.2, 0.25) is 0 Å². The summed E-state index contributed by atoms with van der Waals surface area (Å²) in [7, 11) is 0. The third-order valence-corrected chi connectivity index (χ3v) is 4.16. The summed E-state index contributed by atoms with van der Waals surface area (Å²) in [5.41, 5.74) is 0.828. The van der Waals surface area contributed by atoms with E-state index in [9.17, 15) is 13.9 Å². The van der Waals surface area contributed by atoms with Crippen molar-refractivity contribution in [3.63, 3.8) is 0 Å². The number of benzene rings is 2. The molecule has 0 aliphatic carbocycles. The van der Waals surface area contributed by atoms with E-state index in [-0.39, 0.29) is 12.0 Å². The average molecular weight is 439 g/mol. The molecule has 5 heteroatoms. The standard InChI is InChI=1S/C14H10BrF2IO/c15-11-5-4-9(18)7-10(11)13(19)6-8-2-1-3-12(16)14(8)17/h1-5,7,13,19H,6H2. The molecule has 1 unspecified atom stereocenters. The van der Waals surface area contributed by atoms with Crippen molar-refractivity contribution in [2.24, 2.45) is 0 Å². The molecule has 0 heterocycles. The van der Waals surface area contributed by atoms with E-state index in [1.54, 1.807) is 0 Å². The normalized spacial score (nSPS) is 12.5. The third-order valence-electron chi connectivity index (χ3n) is 2.76. The molecular formula is C14H10BrF2IO. The van der Waals surface area contributed by atoms with Gasteiger partial charge in [-0.25, -0.2) is 8.78 Å². The number of aliphatic hydroxyl groups is 1. The fourth-order valence-electron chi connectivity index (χ4n) is 1.79. The zero-order valence-electron chi connectivity index (χ0n) is 9.71. The van der Waals surface area contributed by atoms with Crippen LogP contribution in [0.2, 0.25) is 0 Å². The van der Waals surface area contributed by atoms with Gasteiger partial charge in [-0.15, -0.1) is 0 Å². The highest BCUT2D eigenvalue weighted by atomic mass is 127. The number of aliphatic hydroxyl groups excluding tert-OH is 1. The Hall–Kier alpha value is -0.530. The molecule has 0 aliphatic heterocycles. The average Bonchev–Trinajstić information content (AvgIpc) is 2.38. The van der Waals surface area contributed by atoms with Gasteiger partial charge in [0, 0.05) is 14.5 Å². The van der Waals surface area contributed by atoms with Gasteiger partial charge < -0.3 is 5.11 Å². The minimum atomic E-state index is -0.900. The van der Waals surface area contributed by atoms with Gasteiger partial charge in [0.1, 0.15) is 0 Å². The Kier molecular flexibility index (Phi) is 4.92. The molecule has 1 N–H and O–H groups in total. The maximum atomic E-state index is 13.6. The van der Waals surface area contributed by atoms with Crippen molar-refractivity contribution in [3.05, 3.63) is 67.2 Å². The van der Waals surface area contributed by atoms with Crippen LogP contribution in [0, 0.1) is 15.2 Å². The van der Waals surface area contributed by atoms with Crippen molar-refractivity contribution in [2.45, 2.75) is 12.5 Å². The Balaban J connectivity index is 2.28. The molecule has 2 aromatic carbocycles. The topological polar surface area (TPSA) is 20.2 Å². The maximum absolute atomic E-state index is 13.6. The SMILES string of the molecule is OC(Cc1cccc(F)c1F)c1cc(I)ccc1Br. The van der Waals surface area contributed by atoms with Gasteiger partial charge in [-0.1, -0.05) is 28.1 Å². The summed E-state index contributed by atoms with van der Waals surface area (Å²) in [6, 6.07) is 9.50. The quantitative estimate of drug-likeness (QED) is 0.694. The van der Waals surface area contributed by atoms with Crippen LogP contribution in [0.3, 0.4) is 0 Å². The molecule has 2 aromatic rings. The zero-order chi connectivity index (χ0) is 14.0. The van der Waals surface area contributed by atoms with Gasteiger partial charge in [0.15, 0.2) is 11.6 Å². The summed E-state index contributed by atoms with van der Waals surface area (Å²) in [5.74, 6) is -1.80. The molecule has 0 aliphatic rings. The first-order valence-electron chi connectivity index (χ1n) is 5.55. The van der Waals surface area contributed by atoms with Gasteiger partial charge in [0.05, 0.1) is 6.10 Å². The fourth-order valence-corrected chi connectivity index (χ4v) is 2.82. The highest BCUT2D eigenvalue weighted by molar-refractivity contribution is 14.1. The second-order valence-electron chi connectivity index (χ2n) is 4.10. The lowest BCUT2D eigenvalue weighted by molar-refractivity contribution is 0.176. The van der Waals surface area contributed by atoms with Crippen LogP contribution in [0.5, 0.6) is 0 Å². The van der Waals surface area contributed by atoms with Crippen LogP contribution in [0.1, 0.15) is 17.2 Å². The molecule has 0 radical (unpaired) electrons. The maximum Gasteiger partial charge on any atom is 0.162 e. The molecule has 0 saturated heterocycles. The molecule has 1 nitrogen and oxygen atoms in total. The van der Waals surface area contributed by atoms with Crippen molar-refractivity contribution in [2.75, 3.05) is 0 Å². The fraction of sp³-hybridized carbons (Fsp3) is 0.143. The first kappa shape index (κ1) is 14.9. The lowest BCUT2D eigenvalue weighted by Crippen LogP contribution is -2.05. The van der Waals surface area contributed by atoms with E-state index in [4.69, 9.17) is 0 Å². The lowest BCUT2D eigenvalue weighted by Gasteiger charge is -2.14. The molecule has 1 atom stereocenters. The Bertz CT molecular complexity index is 604. The lowest BCUT2D eigenvalue weighted by atomic mass is 10.0. The van der Waals surface area contributed by atoms with Crippen molar-refractivity contribution in [3.8, 4) is 0 Å². The summed E-state index contributed by atoms with van der Waals surface area (Å²) in [4.78, 5) is 0. The van der Waals surface area contributed by atoms with E-state index < -0.39 is 17.7 Å². The molecule has 19 heavy (non-hydrogen) atoms. The van der Waals surface area contributed by atoms with Crippen LogP contribution in [-0.4, -0.2) is 5.11 Å². The highest BCUT2D eigenvalue weighted by Gasteiger charge is 2.16. The summed E-state index contributed by atoms with van der Waals surface area (Å²) >= 11 is 5.48. The third kappa shape index (κ3) is 3.52. The smallest absolute Gasteiger partial charge is 0.162 e. The van der Waals surface area contributed by atoms with Crippen LogP contribution in [0.15, 0.2) is 40.9 Å². The minimum Gasteiger partial charge on any atom is -0.388 e. The van der Waals surface area contributed by atoms with Crippen LogP contribution >= 0.6 is 38.5 Å². The van der Waals surface area contributed by atoms with E-state index in [1.165, 1.54) is 12.1 Å². The Morgan fingerprint density at radius 3 is 2.68 bits per heavy atom. The van der Waals surface area contributed by atoms with Crippen LogP contribution < -0.4 is 0 Å². The first-order chi connectivity index (χ1) is 8.99. The molecular weight excluding hydrogens is 429 g/mol. The van der Waals surface area contributed by atoms with E-state index in [2.05, 4.69) is 38.5 Å². The molecule has 0 saturated carbocycles. The van der Waals surface area contributed by atoms with E-state index in [0.29, 0.717) is 5.56 Å². The first-order valence-corrected chi connectivity index (χ1v) is 7.42. The molecule has 0 aromatic heterocycles. The van der Waals surface area contributed by atoms with Crippen LogP contribution in [0.25, 0.3) is 0 Å². The van der Waals surface area contributed by atoms with Gasteiger partial charge in [-0.3, -0.25) is 0 Å². The number of hydrogen-bond donors (Lipinski definition) is 1. The summed E-state index contributed by atoms with van der Waals surface area (Å²) in [6.45, 7) is 0. The monoisotopic (exact) mass is 438 g/mol. The summed E-state index contributed by atoms with van der Waals surface area (Å²) in [5, 5.41) is 10.2. The summed E-state index contributed by atoms with van der Waals surface area (Å²) < 4.78 is 28.4. The Labute approximate surface area is 131 Å². The second-order valence-corrected chi connectivity index (χ2v) is 6.20. The number of rotatable bonds is 3. The predicted molar refractivity (Wildman–Crippen MR) is 81.9 cm³/mol. The molecule has 0 spiro atoms. The molecule has 0 fully saturated rings. The molecule has 0 amide bonds. The minimum absolute atomic E-state index is 0.0300. The van der Waals surface area contributed by atoms with E-state index in [1.807, 2.05) is 18.2 Å². The zero-order valence-corrected chi connectivity index (χ0v) is 13.5. The van der Waals surface area contributed by atoms with Gasteiger partial charge in [-0.05, 0) is 58.0 Å². The largest absolute Gasteiger partial charge is 0.388 e. The summed E-state index contributed by atoms with van der Waals surface area (Å²) in [6.07, 6.45) is -0.858. The van der Waals surface area contributed by atoms with Gasteiger partial charge >= 0.3 is 0 Å². The van der Waals surface area contributed by atoms with Crippen molar-refractivity contribution in [1.82, 2.24) is 0 Å². The number of hydrogen-bond acceptors (Lipinski definition) is 1. The van der Waals surface area contributed by atoms with E-state index in [0.717, 1.165) is 14.1 Å². The van der Waals surface area contributed by atoms with Crippen molar-refractivity contribution < 1.29 is 13.9 Å². The van der Waals surface area contributed by atoms with Gasteiger partial charge in [-0.2, -0.15) is 0 Å². The second kappa shape index (κ2) is 6.28. The van der Waals surface area contributed by atoms with Gasteiger partial charge in [0.25, 0.3) is 0 Å². The van der Waals surface area contributed by atoms with Crippen LogP contribution in [0.4, 0.5) is 8.78 Å².